The van der Waals surface area contributed by atoms with E-state index in [0.29, 0.717) is 8.96 Å². The summed E-state index contributed by atoms with van der Waals surface area (Å²) in [6, 6.07) is 3.68. The summed E-state index contributed by atoms with van der Waals surface area (Å²) in [6.07, 6.45) is 2.47. The molecule has 0 saturated heterocycles. The molecular weight excluding hydrogens is 552 g/mol. The molecule has 0 atom stereocenters. The SMILES string of the molecule is COc1ccc(OC)c(Br)c1Br.O=C1C=CC(=O)C(Br)=C1Br. The number of ketones is 2. The molecule has 0 unspecified atom stereocenters. The molecule has 0 spiro atoms. The van der Waals surface area contributed by atoms with Gasteiger partial charge in [-0.15, -0.1) is 0 Å². The van der Waals surface area contributed by atoms with Crippen LogP contribution >= 0.6 is 63.7 Å². The third kappa shape index (κ3) is 4.78. The number of methoxy groups -OCH3 is 2. The van der Waals surface area contributed by atoms with Gasteiger partial charge in [0.25, 0.3) is 0 Å². The van der Waals surface area contributed by atoms with Crippen molar-refractivity contribution >= 4 is 75.3 Å². The second-order valence-corrected chi connectivity index (χ2v) is 6.96. The van der Waals surface area contributed by atoms with E-state index in [4.69, 9.17) is 9.47 Å². The fourth-order valence-corrected chi connectivity index (χ4v) is 2.98. The van der Waals surface area contributed by atoms with Gasteiger partial charge in [-0.05, 0) is 88.0 Å². The molecule has 1 aromatic rings. The number of rotatable bonds is 2. The predicted molar refractivity (Wildman–Crippen MR) is 99.0 cm³/mol. The molecule has 0 radical (unpaired) electrons. The Bertz CT molecular complexity index is 610. The van der Waals surface area contributed by atoms with Gasteiger partial charge in [0.05, 0.1) is 32.1 Å². The Labute approximate surface area is 161 Å². The van der Waals surface area contributed by atoms with Gasteiger partial charge in [0.1, 0.15) is 11.5 Å². The summed E-state index contributed by atoms with van der Waals surface area (Å²) in [6.45, 7) is 0. The van der Waals surface area contributed by atoms with Crippen LogP contribution in [0.25, 0.3) is 0 Å². The van der Waals surface area contributed by atoms with Crippen molar-refractivity contribution in [2.45, 2.75) is 0 Å². The summed E-state index contributed by atoms with van der Waals surface area (Å²) < 4.78 is 12.5. The zero-order valence-corrected chi connectivity index (χ0v) is 17.8. The van der Waals surface area contributed by atoms with E-state index in [-0.39, 0.29) is 11.6 Å². The van der Waals surface area contributed by atoms with E-state index >= 15 is 0 Å². The Morgan fingerprint density at radius 1 is 0.727 bits per heavy atom. The quantitative estimate of drug-likeness (QED) is 0.481. The van der Waals surface area contributed by atoms with Gasteiger partial charge in [0.15, 0.2) is 11.6 Å². The molecule has 22 heavy (non-hydrogen) atoms. The molecule has 0 heterocycles. The van der Waals surface area contributed by atoms with Crippen molar-refractivity contribution in [3.8, 4) is 11.5 Å². The van der Waals surface area contributed by atoms with Gasteiger partial charge in [0, 0.05) is 0 Å². The number of halogens is 4. The molecule has 0 aliphatic heterocycles. The first-order chi connectivity index (χ1) is 10.3. The van der Waals surface area contributed by atoms with Gasteiger partial charge < -0.3 is 9.47 Å². The highest BCUT2D eigenvalue weighted by atomic mass is 79.9. The monoisotopic (exact) mass is 558 g/mol. The summed E-state index contributed by atoms with van der Waals surface area (Å²) in [5, 5.41) is 0. The van der Waals surface area contributed by atoms with Gasteiger partial charge in [-0.25, -0.2) is 0 Å². The van der Waals surface area contributed by atoms with Crippen LogP contribution in [-0.4, -0.2) is 25.8 Å². The lowest BCUT2D eigenvalue weighted by Crippen LogP contribution is -2.06. The molecule has 8 heteroatoms. The van der Waals surface area contributed by atoms with E-state index in [1.165, 1.54) is 12.2 Å². The van der Waals surface area contributed by atoms with E-state index in [0.717, 1.165) is 20.4 Å². The van der Waals surface area contributed by atoms with Crippen LogP contribution in [0.4, 0.5) is 0 Å². The fourth-order valence-electron chi connectivity index (χ4n) is 1.34. The minimum absolute atomic E-state index is 0.188. The second kappa shape index (κ2) is 9.00. The first-order valence-corrected chi connectivity index (χ1v) is 8.88. The lowest BCUT2D eigenvalue weighted by molar-refractivity contribution is -0.114. The molecule has 1 aliphatic rings. The molecule has 4 nitrogen and oxygen atoms in total. The smallest absolute Gasteiger partial charge is 0.194 e. The molecule has 0 N–H and O–H groups in total. The molecule has 0 saturated carbocycles. The third-order valence-electron chi connectivity index (χ3n) is 2.46. The van der Waals surface area contributed by atoms with E-state index < -0.39 is 0 Å². The maximum absolute atomic E-state index is 10.8. The summed E-state index contributed by atoms with van der Waals surface area (Å²) in [5.41, 5.74) is 0. The molecule has 1 aromatic carbocycles. The van der Waals surface area contributed by atoms with Crippen molar-refractivity contribution in [2.75, 3.05) is 14.2 Å². The van der Waals surface area contributed by atoms with Crippen molar-refractivity contribution in [2.24, 2.45) is 0 Å². The normalized spacial score (nSPS) is 13.7. The summed E-state index contributed by atoms with van der Waals surface area (Å²) in [4.78, 5) is 21.6. The third-order valence-corrected chi connectivity index (χ3v) is 6.68. The van der Waals surface area contributed by atoms with Crippen molar-refractivity contribution < 1.29 is 19.1 Å². The highest BCUT2D eigenvalue weighted by molar-refractivity contribution is 9.14. The van der Waals surface area contributed by atoms with E-state index in [9.17, 15) is 9.59 Å². The lowest BCUT2D eigenvalue weighted by atomic mass is 10.2. The van der Waals surface area contributed by atoms with Crippen LogP contribution in [0.1, 0.15) is 0 Å². The standard InChI is InChI=1S/C8H8Br2O2.C6H2Br2O2/c1-11-5-3-4-6(12-2)8(10)7(5)9;7-5-3(9)1-2-4(10)6(5)8/h3-4H,1-2H3;1-2H. The van der Waals surface area contributed by atoms with Crippen molar-refractivity contribution in [3.63, 3.8) is 0 Å². The Morgan fingerprint density at radius 2 is 1.05 bits per heavy atom. The van der Waals surface area contributed by atoms with Gasteiger partial charge in [-0.3, -0.25) is 9.59 Å². The zero-order valence-electron chi connectivity index (χ0n) is 11.5. The molecule has 1 aliphatic carbocycles. The average Bonchev–Trinajstić information content (AvgIpc) is 2.52. The maximum Gasteiger partial charge on any atom is 0.194 e. The van der Waals surface area contributed by atoms with Crippen LogP contribution in [0.5, 0.6) is 11.5 Å². The van der Waals surface area contributed by atoms with Gasteiger partial charge in [0.2, 0.25) is 0 Å². The fraction of sp³-hybridized carbons (Fsp3) is 0.143. The Kier molecular flexibility index (Phi) is 8.02. The first kappa shape index (κ1) is 19.6. The van der Waals surface area contributed by atoms with E-state index in [2.05, 4.69) is 63.7 Å². The molecule has 0 aromatic heterocycles. The lowest BCUT2D eigenvalue weighted by Gasteiger charge is -2.08. The molecule has 0 fully saturated rings. The first-order valence-electron chi connectivity index (χ1n) is 5.71. The number of hydrogen-bond acceptors (Lipinski definition) is 4. The summed E-state index contributed by atoms with van der Waals surface area (Å²) in [5.74, 6) is 1.18. The highest BCUT2D eigenvalue weighted by Crippen LogP contribution is 2.38. The second-order valence-electron chi connectivity index (χ2n) is 3.79. The van der Waals surface area contributed by atoms with Crippen LogP contribution in [0, 0.1) is 0 Å². The maximum atomic E-state index is 10.8. The predicted octanol–water partition coefficient (Wildman–Crippen LogP) is 4.92. The van der Waals surface area contributed by atoms with Crippen LogP contribution in [-0.2, 0) is 9.59 Å². The average molecular weight is 562 g/mol. The van der Waals surface area contributed by atoms with Crippen molar-refractivity contribution in [3.05, 3.63) is 42.2 Å². The largest absolute Gasteiger partial charge is 0.496 e. The van der Waals surface area contributed by atoms with Crippen LogP contribution in [0.2, 0.25) is 0 Å². The topological polar surface area (TPSA) is 52.6 Å². The van der Waals surface area contributed by atoms with Crippen LogP contribution in [0.15, 0.2) is 42.2 Å². The number of benzene rings is 1. The minimum Gasteiger partial charge on any atom is -0.496 e. The highest BCUT2D eigenvalue weighted by Gasteiger charge is 2.17. The van der Waals surface area contributed by atoms with E-state index in [1.807, 2.05) is 12.1 Å². The number of ether oxygens (including phenoxy) is 2. The Morgan fingerprint density at radius 3 is 1.32 bits per heavy atom. The van der Waals surface area contributed by atoms with Crippen LogP contribution < -0.4 is 9.47 Å². The van der Waals surface area contributed by atoms with Gasteiger partial charge in [-0.1, -0.05) is 0 Å². The van der Waals surface area contributed by atoms with Gasteiger partial charge >= 0.3 is 0 Å². The van der Waals surface area contributed by atoms with Crippen molar-refractivity contribution in [1.82, 2.24) is 0 Å². The summed E-state index contributed by atoms with van der Waals surface area (Å²) >= 11 is 12.7. The number of carbonyl (C=O) groups is 2. The zero-order chi connectivity index (χ0) is 16.9. The molecular formula is C14H10Br4O4. The minimum atomic E-state index is -0.188. The molecule has 0 bridgehead atoms. The van der Waals surface area contributed by atoms with Crippen LogP contribution in [0.3, 0.4) is 0 Å². The number of allylic oxidation sites excluding steroid dienone is 4. The Hall–Kier alpha value is -0.440. The van der Waals surface area contributed by atoms with Gasteiger partial charge in [-0.2, -0.15) is 0 Å². The molecule has 2 rings (SSSR count). The molecule has 0 amide bonds. The Balaban J connectivity index is 0.000000224. The number of carbonyl (C=O) groups excluding carboxylic acids is 2. The molecule has 118 valence electrons. The summed E-state index contributed by atoms with van der Waals surface area (Å²) in [7, 11) is 3.25. The van der Waals surface area contributed by atoms with E-state index in [1.54, 1.807) is 14.2 Å². The number of hydrogen-bond donors (Lipinski definition) is 0. The van der Waals surface area contributed by atoms with Crippen molar-refractivity contribution in [1.29, 1.82) is 0 Å².